The Balaban J connectivity index is 1.09. The number of fused-ring (bicyclic) bond motifs is 3. The molecule has 410 valence electrons. The molecule has 4 unspecified atom stereocenters. The first-order valence-corrected chi connectivity index (χ1v) is 30.3. The SMILES string of the molecule is Cc1cc2c(cc1/N=C1/C(C(C)(C)C)=NN/C1=N\C(=N)C(C)CNS(C)(=O)=O)C(C)CC(C)(C)N2CCCCCN1c2cc(C)c(/N=C3/C(C(C)(C)C)=Nn4nc(C(C)CNS(C)(=O)=O)nc43)cc2C(C)CC1(C)C. The van der Waals surface area contributed by atoms with Gasteiger partial charge in [-0.2, -0.15) is 10.2 Å². The van der Waals surface area contributed by atoms with Gasteiger partial charge in [0.1, 0.15) is 17.3 Å². The lowest BCUT2D eigenvalue weighted by Gasteiger charge is -2.48. The summed E-state index contributed by atoms with van der Waals surface area (Å²) in [4.78, 5) is 26.9. The third-order valence-corrected chi connectivity index (χ3v) is 16.3. The number of aryl methyl sites for hydroxylation is 2. The summed E-state index contributed by atoms with van der Waals surface area (Å²) in [6.07, 6.45) is 7.43. The summed E-state index contributed by atoms with van der Waals surface area (Å²) in [7, 11) is -6.78. The molecular formula is C55H84N14O4S2. The van der Waals surface area contributed by atoms with E-state index in [0.29, 0.717) is 40.7 Å². The zero-order valence-corrected chi connectivity index (χ0v) is 49.5. The molecule has 3 aromatic rings. The van der Waals surface area contributed by atoms with Crippen molar-refractivity contribution in [2.24, 2.45) is 41.9 Å². The molecule has 0 amide bonds. The van der Waals surface area contributed by atoms with Gasteiger partial charge >= 0.3 is 0 Å². The normalized spacial score (nSPS) is 22.0. The fourth-order valence-corrected chi connectivity index (χ4v) is 12.0. The number of benzene rings is 2. The molecule has 0 spiro atoms. The van der Waals surface area contributed by atoms with Crippen LogP contribution in [-0.2, 0) is 20.0 Å². The maximum absolute atomic E-state index is 11.8. The van der Waals surface area contributed by atoms with Crippen molar-refractivity contribution >= 4 is 77.3 Å². The molecule has 4 atom stereocenters. The molecule has 4 aliphatic rings. The minimum Gasteiger partial charge on any atom is -0.366 e. The van der Waals surface area contributed by atoms with Crippen molar-refractivity contribution in [2.45, 2.75) is 172 Å². The summed E-state index contributed by atoms with van der Waals surface area (Å²) in [5.74, 6) is 1.38. The van der Waals surface area contributed by atoms with Crippen molar-refractivity contribution < 1.29 is 16.8 Å². The van der Waals surface area contributed by atoms with Crippen LogP contribution in [0.4, 0.5) is 22.7 Å². The van der Waals surface area contributed by atoms with Crippen LogP contribution in [0.5, 0.6) is 0 Å². The molecule has 20 heteroatoms. The summed E-state index contributed by atoms with van der Waals surface area (Å²) >= 11 is 0. The number of aliphatic imine (C=N–C) groups is 3. The molecule has 0 radical (unpaired) electrons. The number of hydrazone groups is 1. The van der Waals surface area contributed by atoms with Crippen LogP contribution in [-0.4, -0.2) is 116 Å². The number of anilines is 2. The molecule has 1 aromatic heterocycles. The minimum absolute atomic E-state index is 0.0279. The number of unbranched alkanes of at least 4 members (excludes halogenated alkanes) is 2. The number of hydrogen-bond acceptors (Lipinski definition) is 13. The van der Waals surface area contributed by atoms with Crippen molar-refractivity contribution in [3.63, 3.8) is 0 Å². The number of nitrogens with one attached hydrogen (secondary N) is 4. The predicted molar refractivity (Wildman–Crippen MR) is 309 cm³/mol. The van der Waals surface area contributed by atoms with Crippen LogP contribution in [0.25, 0.3) is 0 Å². The van der Waals surface area contributed by atoms with E-state index < -0.39 is 26.0 Å². The average molecular weight is 1070 g/mol. The lowest BCUT2D eigenvalue weighted by atomic mass is 9.79. The number of aromatic nitrogens is 3. The van der Waals surface area contributed by atoms with Gasteiger partial charge in [0.25, 0.3) is 0 Å². The molecule has 0 aliphatic carbocycles. The van der Waals surface area contributed by atoms with Crippen molar-refractivity contribution in [3.05, 3.63) is 58.2 Å². The smallest absolute Gasteiger partial charge is 0.208 e. The van der Waals surface area contributed by atoms with Gasteiger partial charge in [0.05, 0.1) is 35.3 Å². The number of nitrogens with zero attached hydrogens (tertiary/aromatic N) is 10. The van der Waals surface area contributed by atoms with Crippen LogP contribution in [0.15, 0.2) is 49.4 Å². The third-order valence-electron chi connectivity index (χ3n) is 15.0. The highest BCUT2D eigenvalue weighted by Crippen LogP contribution is 2.48. The van der Waals surface area contributed by atoms with Crippen molar-refractivity contribution in [1.29, 1.82) is 5.41 Å². The fraction of sp³-hybridized carbons (Fsp3) is 0.636. The molecular weight excluding hydrogens is 985 g/mol. The first-order chi connectivity index (χ1) is 34.5. The zero-order chi connectivity index (χ0) is 55.5. The van der Waals surface area contributed by atoms with Crippen LogP contribution < -0.4 is 24.7 Å². The molecule has 18 nitrogen and oxygen atoms in total. The Morgan fingerprint density at radius 2 is 1.24 bits per heavy atom. The minimum atomic E-state index is -3.41. The number of hydrogen-bond donors (Lipinski definition) is 4. The Kier molecular flexibility index (Phi) is 16.1. The van der Waals surface area contributed by atoms with Gasteiger partial charge in [-0.05, 0) is 132 Å². The Labute approximate surface area is 447 Å². The predicted octanol–water partition coefficient (Wildman–Crippen LogP) is 9.63. The largest absolute Gasteiger partial charge is 0.366 e. The second kappa shape index (κ2) is 21.0. The van der Waals surface area contributed by atoms with Gasteiger partial charge in [0, 0.05) is 71.3 Å². The lowest BCUT2D eigenvalue weighted by Crippen LogP contribution is -2.49. The standard InChI is InChI=1S/C55H84N14O4S2/c1-32-24-42-38(26-40(32)59-44-46(52(7,8)9)63-64-50(44)61-48(56)36(5)30-57-74(17,70)71)34(3)28-54(13,14)67(42)22-20-19-21-23-68-43-25-33(2)41(27-39(43)35(4)29-55(68,15)16)60-45-47(53(10,11)12)65-69-51(45)62-49(66-69)37(6)31-58-75(18,72)73/h24-27,34-37,57-58H,19-23,28-31H2,1-18H3,(H2,56,59,61,64)/b60-45-. The van der Waals surface area contributed by atoms with Crippen LogP contribution in [0.3, 0.4) is 0 Å². The molecule has 7 rings (SSSR count). The second-order valence-corrected chi connectivity index (χ2v) is 28.8. The molecule has 4 N–H and O–H groups in total. The van der Waals surface area contributed by atoms with Crippen LogP contribution in [0, 0.1) is 36.0 Å². The van der Waals surface area contributed by atoms with E-state index in [4.69, 9.17) is 25.5 Å². The Morgan fingerprint density at radius 1 is 0.760 bits per heavy atom. The van der Waals surface area contributed by atoms with Crippen LogP contribution in [0.2, 0.25) is 0 Å². The van der Waals surface area contributed by atoms with E-state index in [0.717, 1.165) is 91.6 Å². The van der Waals surface area contributed by atoms with Gasteiger partial charge in [0.15, 0.2) is 11.7 Å². The highest BCUT2D eigenvalue weighted by atomic mass is 32.2. The fourth-order valence-electron chi connectivity index (χ4n) is 10.9. The second-order valence-electron chi connectivity index (χ2n) is 25.1. The first-order valence-electron chi connectivity index (χ1n) is 26.5. The molecule has 5 heterocycles. The zero-order valence-electron chi connectivity index (χ0n) is 47.9. The number of amidine groups is 2. The van der Waals surface area contributed by atoms with E-state index in [1.54, 1.807) is 11.7 Å². The Bertz CT molecular complexity index is 3110. The van der Waals surface area contributed by atoms with Gasteiger partial charge in [-0.3, -0.25) is 10.8 Å². The Morgan fingerprint density at radius 3 is 1.72 bits per heavy atom. The van der Waals surface area contributed by atoms with Gasteiger partial charge in [-0.1, -0.05) is 69.2 Å². The number of sulfonamides is 2. The molecule has 0 saturated heterocycles. The van der Waals surface area contributed by atoms with Gasteiger partial charge in [-0.15, -0.1) is 9.89 Å². The Hall–Kier alpha value is -5.18. The van der Waals surface area contributed by atoms with Gasteiger partial charge < -0.3 is 9.80 Å². The van der Waals surface area contributed by atoms with E-state index in [1.165, 1.54) is 22.5 Å². The van der Waals surface area contributed by atoms with Gasteiger partial charge in [0.2, 0.25) is 25.9 Å². The molecule has 75 heavy (non-hydrogen) atoms. The summed E-state index contributed by atoms with van der Waals surface area (Å²) in [5, 5.41) is 22.9. The topological polar surface area (TPSA) is 227 Å². The third kappa shape index (κ3) is 13.0. The summed E-state index contributed by atoms with van der Waals surface area (Å²) in [5.41, 5.74) is 14.0. The van der Waals surface area contributed by atoms with E-state index in [2.05, 4.69) is 161 Å². The maximum atomic E-state index is 11.8. The van der Waals surface area contributed by atoms with Crippen molar-refractivity contribution in [3.8, 4) is 0 Å². The highest BCUT2D eigenvalue weighted by molar-refractivity contribution is 7.89. The van der Waals surface area contributed by atoms with Crippen LogP contribution >= 0.6 is 0 Å². The first kappa shape index (κ1) is 57.5. The number of rotatable bonds is 16. The summed E-state index contributed by atoms with van der Waals surface area (Å²) in [6, 6.07) is 9.12. The molecule has 2 aromatic carbocycles. The monoisotopic (exact) mass is 1070 g/mol. The lowest BCUT2D eigenvalue weighted by molar-refractivity contribution is 0.364. The van der Waals surface area contributed by atoms with E-state index in [-0.39, 0.29) is 46.8 Å². The quantitative estimate of drug-likeness (QED) is 0.0607. The molecule has 0 saturated carbocycles. The summed E-state index contributed by atoms with van der Waals surface area (Å²) in [6.45, 7) is 36.7. The van der Waals surface area contributed by atoms with Crippen molar-refractivity contribution in [2.75, 3.05) is 48.5 Å². The molecule has 0 fully saturated rings. The van der Waals surface area contributed by atoms with E-state index in [9.17, 15) is 16.8 Å². The van der Waals surface area contributed by atoms with E-state index in [1.807, 2.05) is 6.92 Å². The molecule has 4 aliphatic heterocycles. The van der Waals surface area contributed by atoms with Crippen LogP contribution in [0.1, 0.15) is 181 Å². The maximum Gasteiger partial charge on any atom is 0.208 e. The van der Waals surface area contributed by atoms with Gasteiger partial charge in [-0.25, -0.2) is 46.2 Å². The van der Waals surface area contributed by atoms with E-state index >= 15 is 0 Å². The average Bonchev–Trinajstić information content (AvgIpc) is 3.97. The summed E-state index contributed by atoms with van der Waals surface area (Å²) < 4.78 is 52.2. The molecule has 0 bridgehead atoms. The van der Waals surface area contributed by atoms with Crippen molar-refractivity contribution in [1.82, 2.24) is 29.7 Å². The highest BCUT2D eigenvalue weighted by Gasteiger charge is 2.40.